The van der Waals surface area contributed by atoms with Gasteiger partial charge in [-0.05, 0) is 53.3 Å². The van der Waals surface area contributed by atoms with Crippen molar-refractivity contribution in [1.82, 2.24) is 29.8 Å². The molecule has 182 valence electrons. The second kappa shape index (κ2) is 10.5. The van der Waals surface area contributed by atoms with Crippen LogP contribution in [0.3, 0.4) is 0 Å². The van der Waals surface area contributed by atoms with Gasteiger partial charge in [0.2, 0.25) is 0 Å². The minimum Gasteiger partial charge on any atom is -0.477 e. The molecule has 0 saturated heterocycles. The average Bonchev–Trinajstić information content (AvgIpc) is 3.50. The number of unbranched alkanes of at least 4 members (excludes halogenated alkanes) is 1. The summed E-state index contributed by atoms with van der Waals surface area (Å²) in [6.07, 6.45) is 2.95. The molecule has 2 heterocycles. The van der Waals surface area contributed by atoms with Gasteiger partial charge in [-0.1, -0.05) is 68.8 Å². The number of tetrazole rings is 1. The predicted octanol–water partition coefficient (Wildman–Crippen LogP) is 4.56. The van der Waals surface area contributed by atoms with Gasteiger partial charge < -0.3 is 5.11 Å². The van der Waals surface area contributed by atoms with Crippen LogP contribution in [0.15, 0.2) is 53.3 Å². The summed E-state index contributed by atoms with van der Waals surface area (Å²) in [4.78, 5) is 25.6. The van der Waals surface area contributed by atoms with Crippen LogP contribution in [0.1, 0.15) is 67.8 Å². The van der Waals surface area contributed by atoms with E-state index >= 15 is 0 Å². The second-order valence-electron chi connectivity index (χ2n) is 8.69. The van der Waals surface area contributed by atoms with Crippen molar-refractivity contribution in [2.75, 3.05) is 0 Å². The zero-order valence-electron chi connectivity index (χ0n) is 20.2. The van der Waals surface area contributed by atoms with Gasteiger partial charge >= 0.3 is 11.7 Å². The van der Waals surface area contributed by atoms with Crippen molar-refractivity contribution >= 4 is 5.97 Å². The fraction of sp³-hybridized carbons (Fsp3) is 0.346. The molecule has 2 N–H and O–H groups in total. The van der Waals surface area contributed by atoms with Crippen molar-refractivity contribution in [2.45, 2.75) is 59.0 Å². The third kappa shape index (κ3) is 4.80. The molecule has 1 atom stereocenters. The van der Waals surface area contributed by atoms with Crippen LogP contribution in [0.5, 0.6) is 0 Å². The summed E-state index contributed by atoms with van der Waals surface area (Å²) in [7, 11) is 0. The fourth-order valence-electron chi connectivity index (χ4n) is 4.37. The first kappa shape index (κ1) is 24.1. The molecule has 0 fully saturated rings. The van der Waals surface area contributed by atoms with Gasteiger partial charge in [-0.15, -0.1) is 5.10 Å². The molecule has 35 heavy (non-hydrogen) atoms. The number of hydrogen-bond donors (Lipinski definition) is 2. The molecular formula is C26H30N6O3. The second-order valence-corrected chi connectivity index (χ2v) is 8.69. The van der Waals surface area contributed by atoms with Crippen LogP contribution in [0.25, 0.3) is 22.5 Å². The zero-order valence-corrected chi connectivity index (χ0v) is 20.2. The van der Waals surface area contributed by atoms with Gasteiger partial charge in [0.15, 0.2) is 11.5 Å². The van der Waals surface area contributed by atoms with E-state index < -0.39 is 5.97 Å². The maximum atomic E-state index is 13.4. The number of carboxylic acid groups (broad SMARTS) is 1. The highest BCUT2D eigenvalue weighted by molar-refractivity contribution is 5.87. The lowest BCUT2D eigenvalue weighted by atomic mass is 9.98. The first-order valence-corrected chi connectivity index (χ1v) is 12.0. The molecule has 0 saturated carbocycles. The number of nitrogens with zero attached hydrogens (tertiary/aromatic N) is 5. The number of carbonyl (C=O) groups is 1. The van der Waals surface area contributed by atoms with Crippen LogP contribution in [0, 0.1) is 0 Å². The van der Waals surface area contributed by atoms with Gasteiger partial charge in [-0.25, -0.2) is 14.7 Å². The van der Waals surface area contributed by atoms with Crippen LogP contribution in [-0.2, 0) is 13.0 Å². The standard InChI is InChI=1S/C26H30N6O3/c1-4-6-11-22-23(25(33)34)32(17(3)5-2)26(35)31(22)16-18-12-14-19(15-13-18)20-9-7-8-10-21(20)24-27-29-30-28-24/h7-10,12-15,17H,4-6,11,16H2,1-3H3,(H,33,34)(H,27,28,29,30). The Bertz CT molecular complexity index is 1350. The van der Waals surface area contributed by atoms with Crippen molar-refractivity contribution < 1.29 is 9.90 Å². The summed E-state index contributed by atoms with van der Waals surface area (Å²) in [6.45, 7) is 6.21. The summed E-state index contributed by atoms with van der Waals surface area (Å²) in [5, 5.41) is 24.2. The fourth-order valence-corrected chi connectivity index (χ4v) is 4.37. The van der Waals surface area contributed by atoms with Crippen LogP contribution >= 0.6 is 0 Å². The predicted molar refractivity (Wildman–Crippen MR) is 133 cm³/mol. The molecule has 2 aromatic carbocycles. The van der Waals surface area contributed by atoms with Crippen molar-refractivity contribution in [3.8, 4) is 22.5 Å². The Morgan fingerprint density at radius 3 is 2.40 bits per heavy atom. The monoisotopic (exact) mass is 474 g/mol. The number of H-pyrrole nitrogens is 1. The van der Waals surface area contributed by atoms with E-state index in [1.54, 1.807) is 4.57 Å². The lowest BCUT2D eigenvalue weighted by molar-refractivity contribution is 0.0680. The van der Waals surface area contributed by atoms with E-state index in [1.165, 1.54) is 4.57 Å². The summed E-state index contributed by atoms with van der Waals surface area (Å²) in [6, 6.07) is 15.6. The van der Waals surface area contributed by atoms with Gasteiger partial charge in [-0.3, -0.25) is 9.13 Å². The normalized spacial score (nSPS) is 12.1. The van der Waals surface area contributed by atoms with Gasteiger partial charge in [0.05, 0.1) is 12.2 Å². The molecule has 0 aliphatic heterocycles. The molecule has 1 unspecified atom stereocenters. The number of nitrogens with one attached hydrogen (secondary N) is 1. The Hall–Kier alpha value is -4.01. The van der Waals surface area contributed by atoms with Gasteiger partial charge in [0.25, 0.3) is 0 Å². The first-order chi connectivity index (χ1) is 17.0. The number of hydrogen-bond acceptors (Lipinski definition) is 5. The quantitative estimate of drug-likeness (QED) is 0.348. The lowest BCUT2D eigenvalue weighted by Gasteiger charge is -2.11. The third-order valence-corrected chi connectivity index (χ3v) is 6.41. The molecule has 4 aromatic rings. The lowest BCUT2D eigenvalue weighted by Crippen LogP contribution is -2.28. The maximum Gasteiger partial charge on any atom is 0.354 e. The van der Waals surface area contributed by atoms with Crippen LogP contribution in [0.4, 0.5) is 0 Å². The van der Waals surface area contributed by atoms with E-state index in [0.29, 0.717) is 30.9 Å². The minimum absolute atomic E-state index is 0.115. The van der Waals surface area contributed by atoms with Gasteiger partial charge in [-0.2, -0.15) is 0 Å². The number of aromatic nitrogens is 6. The van der Waals surface area contributed by atoms with Gasteiger partial charge in [0.1, 0.15) is 0 Å². The molecule has 4 rings (SSSR count). The van der Waals surface area contributed by atoms with Crippen molar-refractivity contribution in [1.29, 1.82) is 0 Å². The minimum atomic E-state index is -1.05. The number of benzene rings is 2. The molecule has 0 aliphatic carbocycles. The summed E-state index contributed by atoms with van der Waals surface area (Å²) >= 11 is 0. The first-order valence-electron chi connectivity index (χ1n) is 12.0. The van der Waals surface area contributed by atoms with Crippen molar-refractivity contribution in [3.05, 3.63) is 76.0 Å². The molecule has 0 bridgehead atoms. The van der Waals surface area contributed by atoms with Crippen LogP contribution in [-0.4, -0.2) is 40.8 Å². The summed E-state index contributed by atoms with van der Waals surface area (Å²) in [5.74, 6) is -0.467. The highest BCUT2D eigenvalue weighted by Crippen LogP contribution is 2.30. The topological polar surface area (TPSA) is 119 Å². The van der Waals surface area contributed by atoms with E-state index in [9.17, 15) is 14.7 Å². The Morgan fingerprint density at radius 1 is 1.09 bits per heavy atom. The highest BCUT2D eigenvalue weighted by Gasteiger charge is 2.26. The Labute approximate surface area is 203 Å². The molecule has 2 aromatic heterocycles. The van der Waals surface area contributed by atoms with Crippen LogP contribution < -0.4 is 5.69 Å². The Morgan fingerprint density at radius 2 is 1.80 bits per heavy atom. The highest BCUT2D eigenvalue weighted by atomic mass is 16.4. The summed E-state index contributed by atoms with van der Waals surface area (Å²) < 4.78 is 3.08. The maximum absolute atomic E-state index is 13.4. The molecular weight excluding hydrogens is 444 g/mol. The van der Waals surface area contributed by atoms with Crippen LogP contribution in [0.2, 0.25) is 0 Å². The van der Waals surface area contributed by atoms with E-state index in [2.05, 4.69) is 27.5 Å². The number of rotatable bonds is 10. The number of aromatic amines is 1. The number of imidazole rings is 1. The molecule has 0 aliphatic rings. The smallest absolute Gasteiger partial charge is 0.354 e. The summed E-state index contributed by atoms with van der Waals surface area (Å²) in [5.41, 5.74) is 4.22. The molecule has 0 radical (unpaired) electrons. The van der Waals surface area contributed by atoms with E-state index in [4.69, 9.17) is 0 Å². The van der Waals surface area contributed by atoms with Gasteiger partial charge in [0, 0.05) is 11.6 Å². The third-order valence-electron chi connectivity index (χ3n) is 6.41. The Balaban J connectivity index is 1.72. The van der Waals surface area contributed by atoms with E-state index in [0.717, 1.165) is 35.1 Å². The number of aromatic carboxylic acids is 1. The Kier molecular flexibility index (Phi) is 7.24. The number of carboxylic acids is 1. The largest absolute Gasteiger partial charge is 0.477 e. The molecule has 0 amide bonds. The molecule has 9 heteroatoms. The SMILES string of the molecule is CCCCc1c(C(=O)O)n(C(C)CC)c(=O)n1Cc1ccc(-c2ccccc2-c2nnn[nH]2)cc1. The molecule has 0 spiro atoms. The average molecular weight is 475 g/mol. The van der Waals surface area contributed by atoms with E-state index in [-0.39, 0.29) is 17.4 Å². The zero-order chi connectivity index (χ0) is 24.9. The van der Waals surface area contributed by atoms with Crippen molar-refractivity contribution in [3.63, 3.8) is 0 Å². The van der Waals surface area contributed by atoms with Crippen molar-refractivity contribution in [2.24, 2.45) is 0 Å². The van der Waals surface area contributed by atoms with E-state index in [1.807, 2.05) is 62.4 Å². The molecule has 9 nitrogen and oxygen atoms in total.